The van der Waals surface area contributed by atoms with Crippen molar-refractivity contribution in [3.8, 4) is 0 Å². The van der Waals surface area contributed by atoms with Crippen molar-refractivity contribution in [1.82, 2.24) is 9.13 Å². The summed E-state index contributed by atoms with van der Waals surface area (Å²) in [5.74, 6) is 0. The average Bonchev–Trinajstić information content (AvgIpc) is 3.32. The summed E-state index contributed by atoms with van der Waals surface area (Å²) in [6, 6.07) is 1.09. The number of unbranched alkanes of at least 4 members (excludes halogenated alkanes) is 26. The third-order valence-electron chi connectivity index (χ3n) is 12.0. The molecule has 1 heterocycles. The molecule has 402 valence electrons. The summed E-state index contributed by atoms with van der Waals surface area (Å²) in [4.78, 5) is 46.5. The molecule has 0 radical (unpaired) electrons. The number of hydrogen-bond acceptors (Lipinski definition) is 12. The summed E-state index contributed by atoms with van der Waals surface area (Å²) in [6.45, 7) is 4.45. The second-order valence-electron chi connectivity index (χ2n) is 18.5. The third-order valence-corrected chi connectivity index (χ3v) is 14.1. The molecule has 0 amide bonds. The lowest BCUT2D eigenvalue weighted by atomic mass is 10.0. The molecule has 1 aromatic rings. The van der Waals surface area contributed by atoms with Gasteiger partial charge >= 0.3 is 20.9 Å². The number of aromatic nitrogens is 2. The highest BCUT2D eigenvalue weighted by molar-refractivity contribution is 7.52. The maximum absolute atomic E-state index is 13.3. The van der Waals surface area contributed by atoms with Gasteiger partial charge in [0.05, 0.1) is 51.7 Å². The normalized spacial score (nSPS) is 14.6. The Morgan fingerprint density at radius 1 is 0.471 bits per heavy atom. The number of aliphatic hydroxyl groups is 2. The molecule has 1 aromatic heterocycles. The first kappa shape index (κ1) is 64.8. The Hall–Kier alpha value is -1.26. The van der Waals surface area contributed by atoms with Crippen molar-refractivity contribution in [3.63, 3.8) is 0 Å². The topological polar surface area (TPSA) is 214 Å². The van der Waals surface area contributed by atoms with Gasteiger partial charge in [0, 0.05) is 38.7 Å². The minimum atomic E-state index is -4.22. The lowest BCUT2D eigenvalue weighted by Crippen LogP contribution is -2.44. The number of ether oxygens (including phenoxy) is 4. The predicted octanol–water partition coefficient (Wildman–Crippen LogP) is 10.9. The van der Waals surface area contributed by atoms with Crippen LogP contribution < -0.4 is 11.2 Å². The first-order valence-corrected chi connectivity index (χ1v) is 30.3. The van der Waals surface area contributed by atoms with E-state index in [0.29, 0.717) is 39.3 Å². The smallest absolute Gasteiger partial charge is 0.353 e. The molecule has 0 saturated heterocycles. The van der Waals surface area contributed by atoms with Crippen LogP contribution in [0.3, 0.4) is 0 Å². The summed E-state index contributed by atoms with van der Waals surface area (Å²) in [6.07, 6.45) is 34.2. The molecule has 16 nitrogen and oxygen atoms in total. The van der Waals surface area contributed by atoms with E-state index in [0.717, 1.165) is 40.9 Å². The number of rotatable bonds is 52. The fraction of sp³-hybridized carbons (Fsp3) is 0.920. The van der Waals surface area contributed by atoms with Gasteiger partial charge < -0.3 is 48.0 Å². The second-order valence-corrected chi connectivity index (χ2v) is 22.0. The van der Waals surface area contributed by atoms with E-state index in [1.165, 1.54) is 160 Å². The minimum absolute atomic E-state index is 0.0232. The van der Waals surface area contributed by atoms with Crippen molar-refractivity contribution in [2.45, 2.75) is 232 Å². The van der Waals surface area contributed by atoms with E-state index in [1.54, 1.807) is 0 Å². The lowest BCUT2D eigenvalue weighted by Gasteiger charge is -2.21. The highest BCUT2D eigenvalue weighted by atomic mass is 31.2. The van der Waals surface area contributed by atoms with Gasteiger partial charge in [-0.2, -0.15) is 0 Å². The highest BCUT2D eigenvalue weighted by Gasteiger charge is 2.25. The molecular weight excluding hydrogens is 914 g/mol. The molecule has 2 unspecified atom stereocenters. The summed E-state index contributed by atoms with van der Waals surface area (Å²) < 4.78 is 59.5. The molecule has 0 spiro atoms. The number of nitrogens with zero attached hydrogens (tertiary/aromatic N) is 2. The van der Waals surface area contributed by atoms with Crippen LogP contribution in [0.2, 0.25) is 0 Å². The fourth-order valence-corrected chi connectivity index (χ4v) is 9.60. The third kappa shape index (κ3) is 37.5. The molecule has 18 heteroatoms. The highest BCUT2D eigenvalue weighted by Crippen LogP contribution is 2.43. The Labute approximate surface area is 410 Å². The van der Waals surface area contributed by atoms with Crippen LogP contribution in [0.25, 0.3) is 0 Å². The van der Waals surface area contributed by atoms with Gasteiger partial charge in [0.15, 0.2) is 0 Å². The molecule has 0 bridgehead atoms. The Morgan fingerprint density at radius 3 is 1.15 bits per heavy atom. The summed E-state index contributed by atoms with van der Waals surface area (Å²) in [5, 5.41) is 19.8. The molecular formula is C50H98N2O14P2. The van der Waals surface area contributed by atoms with Crippen molar-refractivity contribution < 1.29 is 57.1 Å². The van der Waals surface area contributed by atoms with Crippen LogP contribution in [0.15, 0.2) is 21.9 Å². The SMILES string of the molecule is CCCCCCCCCCCCCCCCOCCCOP(=O)(O)CO[C@H](CO)Cn1ccc(=O)n(C[C@@H](CO)OCP(=O)(O)OCCCOCCCCCCCCCCCCCCCC)c1=O. The van der Waals surface area contributed by atoms with Crippen LogP contribution in [0.1, 0.15) is 206 Å². The Kier molecular flexibility index (Phi) is 42.3. The van der Waals surface area contributed by atoms with Gasteiger partial charge in [0.25, 0.3) is 5.56 Å². The van der Waals surface area contributed by atoms with Gasteiger partial charge in [0.1, 0.15) is 12.7 Å². The molecule has 68 heavy (non-hydrogen) atoms. The van der Waals surface area contributed by atoms with Crippen LogP contribution in [-0.2, 0) is 50.2 Å². The van der Waals surface area contributed by atoms with E-state index in [9.17, 15) is 38.7 Å². The molecule has 4 atom stereocenters. The van der Waals surface area contributed by atoms with E-state index in [1.807, 2.05) is 0 Å². The van der Waals surface area contributed by atoms with Crippen LogP contribution in [0, 0.1) is 0 Å². The van der Waals surface area contributed by atoms with Gasteiger partial charge in [-0.15, -0.1) is 0 Å². The van der Waals surface area contributed by atoms with Crippen LogP contribution in [-0.4, -0.2) is 107 Å². The Bertz CT molecular complexity index is 1520. The fourth-order valence-electron chi connectivity index (χ4n) is 7.82. The van der Waals surface area contributed by atoms with Crippen molar-refractivity contribution >= 4 is 15.2 Å². The summed E-state index contributed by atoms with van der Waals surface area (Å²) in [5.41, 5.74) is -1.55. The lowest BCUT2D eigenvalue weighted by molar-refractivity contribution is 0.0117. The van der Waals surface area contributed by atoms with E-state index in [4.69, 9.17) is 28.0 Å². The Balaban J connectivity index is 2.24. The molecule has 0 aliphatic carbocycles. The molecule has 0 saturated carbocycles. The zero-order valence-electron chi connectivity index (χ0n) is 42.7. The first-order chi connectivity index (χ1) is 33.0. The maximum atomic E-state index is 13.3. The van der Waals surface area contributed by atoms with Gasteiger partial charge in [-0.25, -0.2) is 4.79 Å². The van der Waals surface area contributed by atoms with E-state index in [2.05, 4.69) is 13.8 Å². The van der Waals surface area contributed by atoms with Crippen molar-refractivity contribution in [1.29, 1.82) is 0 Å². The molecule has 0 fully saturated rings. The molecule has 0 aliphatic rings. The van der Waals surface area contributed by atoms with Gasteiger partial charge in [-0.3, -0.25) is 23.1 Å². The summed E-state index contributed by atoms with van der Waals surface area (Å²) >= 11 is 0. The molecule has 0 aromatic carbocycles. The zero-order chi connectivity index (χ0) is 49.8. The Morgan fingerprint density at radius 2 is 0.794 bits per heavy atom. The van der Waals surface area contributed by atoms with Crippen molar-refractivity contribution in [3.05, 3.63) is 33.1 Å². The number of aliphatic hydroxyl groups excluding tert-OH is 2. The molecule has 1 rings (SSSR count). The largest absolute Gasteiger partial charge is 0.394 e. The van der Waals surface area contributed by atoms with E-state index < -0.39 is 71.1 Å². The molecule has 4 N–H and O–H groups in total. The van der Waals surface area contributed by atoms with Gasteiger partial charge in [-0.1, -0.05) is 181 Å². The van der Waals surface area contributed by atoms with Crippen molar-refractivity contribution in [2.24, 2.45) is 0 Å². The standard InChI is InChI=1S/C50H98N2O14P2/c1-3-5-7-9-11-13-15-17-19-21-23-25-27-29-35-61-37-31-39-65-67(57,58)45-63-47(43-53)41-51-34-33-49(55)52(50(51)56)42-48(44-54)64-46-68(59,60)66-40-32-38-62-36-30-28-26-24-22-20-18-16-14-12-10-8-6-4-2/h33-34,47-48,53-54H,3-32,35-46H2,1-2H3,(H,57,58)(H,59,60)/t47-,48-/m0/s1. The predicted molar refractivity (Wildman–Crippen MR) is 272 cm³/mol. The molecule has 0 aliphatic heterocycles. The summed E-state index contributed by atoms with van der Waals surface area (Å²) in [7, 11) is -8.42. The van der Waals surface area contributed by atoms with Crippen LogP contribution in [0.4, 0.5) is 0 Å². The van der Waals surface area contributed by atoms with Gasteiger partial charge in [0.2, 0.25) is 0 Å². The van der Waals surface area contributed by atoms with Crippen LogP contribution in [0.5, 0.6) is 0 Å². The monoisotopic (exact) mass is 1010 g/mol. The number of hydrogen-bond donors (Lipinski definition) is 4. The van der Waals surface area contributed by atoms with E-state index >= 15 is 0 Å². The maximum Gasteiger partial charge on any atom is 0.353 e. The van der Waals surface area contributed by atoms with Gasteiger partial charge in [-0.05, 0) is 25.7 Å². The first-order valence-electron chi connectivity index (χ1n) is 26.8. The minimum Gasteiger partial charge on any atom is -0.394 e. The average molecular weight is 1010 g/mol. The van der Waals surface area contributed by atoms with Crippen LogP contribution >= 0.6 is 15.2 Å². The zero-order valence-corrected chi connectivity index (χ0v) is 44.5. The second kappa shape index (κ2) is 44.4. The van der Waals surface area contributed by atoms with Crippen molar-refractivity contribution in [2.75, 3.05) is 65.6 Å². The van der Waals surface area contributed by atoms with E-state index in [-0.39, 0.29) is 19.8 Å². The quantitative estimate of drug-likeness (QED) is 0.0353.